The maximum absolute atomic E-state index is 12.3. The molecule has 2 fully saturated rings. The highest BCUT2D eigenvalue weighted by Crippen LogP contribution is 2.09. The van der Waals surface area contributed by atoms with E-state index >= 15 is 0 Å². The lowest BCUT2D eigenvalue weighted by atomic mass is 10.2. The molecular weight excluding hydrogens is 380 g/mol. The molecule has 3 rings (SSSR count). The summed E-state index contributed by atoms with van der Waals surface area (Å²) in [5.41, 5.74) is 0.329. The van der Waals surface area contributed by atoms with Crippen molar-refractivity contribution in [2.24, 2.45) is 0 Å². The highest BCUT2D eigenvalue weighted by atomic mass is 16.5. The molecule has 0 unspecified atom stereocenters. The number of nitrogens with one attached hydrogen (secondary N) is 2. The van der Waals surface area contributed by atoms with Crippen LogP contribution in [0, 0.1) is 6.92 Å². The van der Waals surface area contributed by atoms with Crippen molar-refractivity contribution in [2.45, 2.75) is 19.8 Å². The van der Waals surface area contributed by atoms with E-state index in [1.807, 2.05) is 0 Å². The van der Waals surface area contributed by atoms with E-state index in [1.54, 1.807) is 17.9 Å². The Morgan fingerprint density at radius 2 is 1.93 bits per heavy atom. The van der Waals surface area contributed by atoms with Gasteiger partial charge in [0.1, 0.15) is 5.76 Å². The number of carbonyl (C=O) groups excluding carboxylic acids is 4. The highest BCUT2D eigenvalue weighted by Gasteiger charge is 2.25. The molecule has 0 radical (unpaired) electrons. The monoisotopic (exact) mass is 406 g/mol. The Kier molecular flexibility index (Phi) is 6.81. The van der Waals surface area contributed by atoms with Crippen molar-refractivity contribution < 1.29 is 23.7 Å². The standard InChI is InChI=1S/C18H26N6O5/c1-13-12-14(21-29-13)17(27)23-10-8-22(9-11-23)7-4-19-15(25)2-5-24-6-3-16(26)20-18(24)28/h12H,2-11H2,1H3,(H,19,25)(H,20,26,28). The number of urea groups is 1. The fourth-order valence-corrected chi connectivity index (χ4v) is 3.29. The predicted octanol–water partition coefficient (Wildman–Crippen LogP) is -0.811. The van der Waals surface area contributed by atoms with Gasteiger partial charge in [0.05, 0.1) is 0 Å². The SMILES string of the molecule is Cc1cc(C(=O)N2CCN(CCNC(=O)CCN3CCC(=O)NC3=O)CC2)no1. The summed E-state index contributed by atoms with van der Waals surface area (Å²) >= 11 is 0. The van der Waals surface area contributed by atoms with Gasteiger partial charge in [-0.3, -0.25) is 24.6 Å². The molecule has 1 aromatic rings. The second kappa shape index (κ2) is 9.50. The fourth-order valence-electron chi connectivity index (χ4n) is 3.29. The molecule has 2 aliphatic rings. The van der Waals surface area contributed by atoms with Gasteiger partial charge < -0.3 is 19.6 Å². The number of nitrogens with zero attached hydrogens (tertiary/aromatic N) is 4. The molecule has 2 N–H and O–H groups in total. The Balaban J connectivity index is 1.29. The van der Waals surface area contributed by atoms with Crippen LogP contribution in [0.1, 0.15) is 29.1 Å². The van der Waals surface area contributed by atoms with Crippen LogP contribution in [0.25, 0.3) is 0 Å². The number of hydrogen-bond acceptors (Lipinski definition) is 7. The maximum Gasteiger partial charge on any atom is 0.324 e. The molecule has 1 aromatic heterocycles. The summed E-state index contributed by atoms with van der Waals surface area (Å²) in [4.78, 5) is 52.4. The van der Waals surface area contributed by atoms with Crippen LogP contribution in [0.2, 0.25) is 0 Å². The third kappa shape index (κ3) is 5.76. The smallest absolute Gasteiger partial charge is 0.324 e. The highest BCUT2D eigenvalue weighted by molar-refractivity contribution is 5.96. The van der Waals surface area contributed by atoms with E-state index in [9.17, 15) is 19.2 Å². The molecule has 11 heteroatoms. The van der Waals surface area contributed by atoms with Crippen LogP contribution >= 0.6 is 0 Å². The van der Waals surface area contributed by atoms with Crippen molar-refractivity contribution in [2.75, 3.05) is 52.4 Å². The number of imide groups is 1. The summed E-state index contributed by atoms with van der Waals surface area (Å²) in [6, 6.07) is 1.19. The molecule has 0 bridgehead atoms. The Hall–Kier alpha value is -2.95. The van der Waals surface area contributed by atoms with Gasteiger partial charge in [-0.2, -0.15) is 0 Å². The molecule has 0 atom stereocenters. The topological polar surface area (TPSA) is 128 Å². The van der Waals surface area contributed by atoms with Crippen LogP contribution in [0.15, 0.2) is 10.6 Å². The average Bonchev–Trinajstić information content (AvgIpc) is 3.13. The zero-order valence-corrected chi connectivity index (χ0v) is 16.5. The van der Waals surface area contributed by atoms with Gasteiger partial charge in [-0.15, -0.1) is 0 Å². The second-order valence-electron chi connectivity index (χ2n) is 7.15. The molecule has 0 aliphatic carbocycles. The molecule has 0 spiro atoms. The van der Waals surface area contributed by atoms with Crippen molar-refractivity contribution in [1.29, 1.82) is 0 Å². The van der Waals surface area contributed by atoms with Crippen LogP contribution in [0.3, 0.4) is 0 Å². The number of aryl methyl sites for hydroxylation is 1. The first kappa shape index (κ1) is 20.8. The van der Waals surface area contributed by atoms with Crippen LogP contribution in [0.5, 0.6) is 0 Å². The zero-order valence-electron chi connectivity index (χ0n) is 16.5. The minimum absolute atomic E-state index is 0.127. The average molecular weight is 406 g/mol. The summed E-state index contributed by atoms with van der Waals surface area (Å²) in [5.74, 6) is 0.0638. The molecular formula is C18H26N6O5. The number of aromatic nitrogens is 1. The molecule has 5 amide bonds. The van der Waals surface area contributed by atoms with E-state index in [-0.39, 0.29) is 37.1 Å². The van der Waals surface area contributed by atoms with Crippen molar-refractivity contribution in [3.8, 4) is 0 Å². The van der Waals surface area contributed by atoms with Gasteiger partial charge >= 0.3 is 6.03 Å². The first-order chi connectivity index (χ1) is 13.9. The lowest BCUT2D eigenvalue weighted by molar-refractivity contribution is -0.121. The summed E-state index contributed by atoms with van der Waals surface area (Å²) in [6.07, 6.45) is 0.457. The normalized spacial score (nSPS) is 18.0. The van der Waals surface area contributed by atoms with Gasteiger partial charge in [0.25, 0.3) is 5.91 Å². The summed E-state index contributed by atoms with van der Waals surface area (Å²) in [5, 5.41) is 8.85. The van der Waals surface area contributed by atoms with Gasteiger partial charge in [0.15, 0.2) is 5.69 Å². The molecule has 2 saturated heterocycles. The van der Waals surface area contributed by atoms with E-state index < -0.39 is 6.03 Å². The summed E-state index contributed by atoms with van der Waals surface area (Å²) in [7, 11) is 0. The zero-order chi connectivity index (χ0) is 20.8. The number of carbonyl (C=O) groups is 4. The fraction of sp³-hybridized carbons (Fsp3) is 0.611. The van der Waals surface area contributed by atoms with Crippen LogP contribution in [0.4, 0.5) is 4.79 Å². The van der Waals surface area contributed by atoms with Crippen molar-refractivity contribution >= 4 is 23.8 Å². The van der Waals surface area contributed by atoms with Gasteiger partial charge in [-0.1, -0.05) is 5.16 Å². The third-order valence-electron chi connectivity index (χ3n) is 5.01. The number of piperazine rings is 1. The quantitative estimate of drug-likeness (QED) is 0.606. The summed E-state index contributed by atoms with van der Waals surface area (Å²) < 4.78 is 4.95. The molecule has 0 aromatic carbocycles. The molecule has 158 valence electrons. The first-order valence-electron chi connectivity index (χ1n) is 9.73. The van der Waals surface area contributed by atoms with E-state index in [4.69, 9.17) is 4.52 Å². The van der Waals surface area contributed by atoms with Gasteiger partial charge in [-0.25, -0.2) is 4.79 Å². The van der Waals surface area contributed by atoms with E-state index in [0.717, 1.165) is 13.1 Å². The van der Waals surface area contributed by atoms with Gasteiger partial charge in [0.2, 0.25) is 11.8 Å². The Morgan fingerprint density at radius 1 is 1.17 bits per heavy atom. The van der Waals surface area contributed by atoms with Crippen molar-refractivity contribution in [3.05, 3.63) is 17.5 Å². The Morgan fingerprint density at radius 3 is 2.59 bits per heavy atom. The number of hydrogen-bond donors (Lipinski definition) is 2. The van der Waals surface area contributed by atoms with Gasteiger partial charge in [0, 0.05) is 71.3 Å². The third-order valence-corrected chi connectivity index (χ3v) is 5.01. The Bertz CT molecular complexity index is 771. The van der Waals surface area contributed by atoms with Crippen molar-refractivity contribution in [3.63, 3.8) is 0 Å². The molecule has 0 saturated carbocycles. The molecule has 11 nitrogen and oxygen atoms in total. The number of amides is 5. The maximum atomic E-state index is 12.3. The minimum atomic E-state index is -0.442. The van der Waals surface area contributed by atoms with E-state index in [1.165, 1.54) is 4.90 Å². The Labute approximate surface area is 168 Å². The van der Waals surface area contributed by atoms with Crippen molar-refractivity contribution in [1.82, 2.24) is 30.5 Å². The van der Waals surface area contributed by atoms with E-state index in [2.05, 4.69) is 20.7 Å². The largest absolute Gasteiger partial charge is 0.361 e. The summed E-state index contributed by atoms with van der Waals surface area (Å²) in [6.45, 7) is 6.21. The lowest BCUT2D eigenvalue weighted by Crippen LogP contribution is -2.51. The van der Waals surface area contributed by atoms with Crippen LogP contribution in [-0.2, 0) is 9.59 Å². The molecule has 2 aliphatic heterocycles. The number of rotatable bonds is 7. The first-order valence-corrected chi connectivity index (χ1v) is 9.73. The minimum Gasteiger partial charge on any atom is -0.361 e. The van der Waals surface area contributed by atoms with Crippen LogP contribution < -0.4 is 10.6 Å². The predicted molar refractivity (Wildman–Crippen MR) is 101 cm³/mol. The molecule has 3 heterocycles. The van der Waals surface area contributed by atoms with Crippen LogP contribution in [-0.4, -0.2) is 96.0 Å². The van der Waals surface area contributed by atoms with E-state index in [0.29, 0.717) is 44.2 Å². The molecule has 29 heavy (non-hydrogen) atoms. The second-order valence-corrected chi connectivity index (χ2v) is 7.15. The lowest BCUT2D eigenvalue weighted by Gasteiger charge is -2.34. The van der Waals surface area contributed by atoms with Gasteiger partial charge in [-0.05, 0) is 6.92 Å².